The number of unbranched alkanes of at least 4 members (excludes halogenated alkanes) is 3. The molecule has 0 aliphatic heterocycles. The molecule has 118 valence electrons. The lowest BCUT2D eigenvalue weighted by Crippen LogP contribution is -2.12. The number of ether oxygens (including phenoxy) is 1. The maximum absolute atomic E-state index is 5.75. The van der Waals surface area contributed by atoms with E-state index in [9.17, 15) is 0 Å². The zero-order valence-corrected chi connectivity index (χ0v) is 13.4. The number of benzene rings is 1. The van der Waals surface area contributed by atoms with Crippen molar-refractivity contribution >= 4 is 0 Å². The van der Waals surface area contributed by atoms with Gasteiger partial charge < -0.3 is 10.1 Å². The largest absolute Gasteiger partial charge is 0.494 e. The number of pyridine rings is 1. The SMILES string of the molecule is CCCCCCOc1ccc(CNCc2cccnc2)cc1. The molecule has 0 aliphatic carbocycles. The Morgan fingerprint density at radius 1 is 0.955 bits per heavy atom. The smallest absolute Gasteiger partial charge is 0.119 e. The maximum atomic E-state index is 5.75. The second-order valence-electron chi connectivity index (χ2n) is 5.52. The quantitative estimate of drug-likeness (QED) is 0.663. The highest BCUT2D eigenvalue weighted by atomic mass is 16.5. The Morgan fingerprint density at radius 3 is 2.50 bits per heavy atom. The Kier molecular flexibility index (Phi) is 7.47. The molecular weight excluding hydrogens is 272 g/mol. The van der Waals surface area contributed by atoms with Gasteiger partial charge in [0.1, 0.15) is 5.75 Å². The van der Waals surface area contributed by atoms with Crippen molar-refractivity contribution in [2.24, 2.45) is 0 Å². The average molecular weight is 298 g/mol. The van der Waals surface area contributed by atoms with Gasteiger partial charge in [0.15, 0.2) is 0 Å². The fourth-order valence-electron chi connectivity index (χ4n) is 2.28. The third-order valence-electron chi connectivity index (χ3n) is 3.57. The summed E-state index contributed by atoms with van der Waals surface area (Å²) in [5, 5.41) is 3.42. The van der Waals surface area contributed by atoms with Gasteiger partial charge in [-0.1, -0.05) is 44.4 Å². The molecule has 1 heterocycles. The number of aromatic nitrogens is 1. The Bertz CT molecular complexity index is 511. The van der Waals surface area contributed by atoms with Crippen LogP contribution in [-0.2, 0) is 13.1 Å². The molecule has 0 radical (unpaired) electrons. The van der Waals surface area contributed by atoms with Crippen LogP contribution >= 0.6 is 0 Å². The van der Waals surface area contributed by atoms with Crippen LogP contribution in [0.15, 0.2) is 48.8 Å². The second kappa shape index (κ2) is 9.96. The summed E-state index contributed by atoms with van der Waals surface area (Å²) in [7, 11) is 0. The Balaban J connectivity index is 1.66. The molecule has 0 spiro atoms. The zero-order valence-electron chi connectivity index (χ0n) is 13.4. The van der Waals surface area contributed by atoms with Gasteiger partial charge in [-0.25, -0.2) is 0 Å². The predicted octanol–water partition coefficient (Wildman–Crippen LogP) is 4.33. The fourth-order valence-corrected chi connectivity index (χ4v) is 2.28. The summed E-state index contributed by atoms with van der Waals surface area (Å²) in [4.78, 5) is 4.11. The molecule has 0 aliphatic rings. The van der Waals surface area contributed by atoms with Gasteiger partial charge in [-0.2, -0.15) is 0 Å². The van der Waals surface area contributed by atoms with Crippen LogP contribution in [0.1, 0.15) is 43.7 Å². The summed E-state index contributed by atoms with van der Waals surface area (Å²) in [6, 6.07) is 12.4. The summed E-state index contributed by atoms with van der Waals surface area (Å²) >= 11 is 0. The molecule has 2 rings (SSSR count). The molecule has 0 saturated carbocycles. The van der Waals surface area contributed by atoms with E-state index in [4.69, 9.17) is 4.74 Å². The van der Waals surface area contributed by atoms with Gasteiger partial charge >= 0.3 is 0 Å². The lowest BCUT2D eigenvalue weighted by Gasteiger charge is -2.08. The summed E-state index contributed by atoms with van der Waals surface area (Å²) < 4.78 is 5.75. The summed E-state index contributed by atoms with van der Waals surface area (Å²) in [6.45, 7) is 4.73. The van der Waals surface area contributed by atoms with Crippen molar-refractivity contribution in [3.8, 4) is 5.75 Å². The standard InChI is InChI=1S/C19H26N2O/c1-2-3-4-5-13-22-19-10-8-17(9-11-19)14-21-16-18-7-6-12-20-15-18/h6-12,15,21H,2-5,13-14,16H2,1H3. The van der Waals surface area contributed by atoms with Crippen LogP contribution in [0.4, 0.5) is 0 Å². The van der Waals surface area contributed by atoms with Crippen LogP contribution in [0.5, 0.6) is 5.75 Å². The van der Waals surface area contributed by atoms with E-state index in [2.05, 4.69) is 47.6 Å². The summed E-state index contributed by atoms with van der Waals surface area (Å²) in [5.41, 5.74) is 2.47. The van der Waals surface area contributed by atoms with E-state index in [0.29, 0.717) is 0 Å². The molecule has 1 aromatic carbocycles. The molecule has 22 heavy (non-hydrogen) atoms. The molecule has 0 saturated heterocycles. The van der Waals surface area contributed by atoms with Gasteiger partial charge in [0, 0.05) is 25.5 Å². The highest BCUT2D eigenvalue weighted by Gasteiger charge is 1.97. The molecule has 0 atom stereocenters. The van der Waals surface area contributed by atoms with E-state index in [-0.39, 0.29) is 0 Å². The highest BCUT2D eigenvalue weighted by molar-refractivity contribution is 5.27. The fraction of sp³-hybridized carbons (Fsp3) is 0.421. The lowest BCUT2D eigenvalue weighted by atomic mass is 10.2. The molecule has 0 fully saturated rings. The van der Waals surface area contributed by atoms with Crippen LogP contribution in [0, 0.1) is 0 Å². The third-order valence-corrected chi connectivity index (χ3v) is 3.57. The van der Waals surface area contributed by atoms with Gasteiger partial charge in [-0.05, 0) is 35.7 Å². The number of hydrogen-bond donors (Lipinski definition) is 1. The van der Waals surface area contributed by atoms with Crippen LogP contribution < -0.4 is 10.1 Å². The number of hydrogen-bond acceptors (Lipinski definition) is 3. The Hall–Kier alpha value is -1.87. The van der Waals surface area contributed by atoms with E-state index < -0.39 is 0 Å². The van der Waals surface area contributed by atoms with Gasteiger partial charge in [0.25, 0.3) is 0 Å². The number of rotatable bonds is 10. The van der Waals surface area contributed by atoms with E-state index >= 15 is 0 Å². The molecule has 3 heteroatoms. The lowest BCUT2D eigenvalue weighted by molar-refractivity contribution is 0.305. The maximum Gasteiger partial charge on any atom is 0.119 e. The molecule has 2 aromatic rings. The van der Waals surface area contributed by atoms with Crippen LogP contribution in [-0.4, -0.2) is 11.6 Å². The minimum atomic E-state index is 0.818. The molecule has 1 aromatic heterocycles. The number of nitrogens with one attached hydrogen (secondary N) is 1. The topological polar surface area (TPSA) is 34.1 Å². The first kappa shape index (κ1) is 16.5. The van der Waals surface area contributed by atoms with E-state index in [0.717, 1.165) is 31.9 Å². The van der Waals surface area contributed by atoms with Crippen molar-refractivity contribution in [2.75, 3.05) is 6.61 Å². The third kappa shape index (κ3) is 6.27. The van der Waals surface area contributed by atoms with E-state index in [1.807, 2.05) is 12.3 Å². The van der Waals surface area contributed by atoms with Crippen molar-refractivity contribution < 1.29 is 4.74 Å². The van der Waals surface area contributed by atoms with Crippen LogP contribution in [0.25, 0.3) is 0 Å². The van der Waals surface area contributed by atoms with Gasteiger partial charge in [-0.3, -0.25) is 4.98 Å². The first-order valence-corrected chi connectivity index (χ1v) is 8.20. The zero-order chi connectivity index (χ0) is 15.5. The Morgan fingerprint density at radius 2 is 1.77 bits per heavy atom. The first-order chi connectivity index (χ1) is 10.9. The van der Waals surface area contributed by atoms with E-state index in [1.54, 1.807) is 6.20 Å². The normalized spacial score (nSPS) is 10.6. The number of nitrogens with zero attached hydrogens (tertiary/aromatic N) is 1. The van der Waals surface area contributed by atoms with Gasteiger partial charge in [-0.15, -0.1) is 0 Å². The van der Waals surface area contributed by atoms with Crippen LogP contribution in [0.3, 0.4) is 0 Å². The molecule has 0 amide bonds. The molecular formula is C19H26N2O. The molecule has 1 N–H and O–H groups in total. The Labute approximate surface area is 133 Å². The summed E-state index contributed by atoms with van der Waals surface area (Å²) in [5.74, 6) is 0.965. The van der Waals surface area contributed by atoms with Crippen molar-refractivity contribution in [3.05, 3.63) is 59.9 Å². The predicted molar refractivity (Wildman–Crippen MR) is 90.9 cm³/mol. The van der Waals surface area contributed by atoms with Crippen molar-refractivity contribution in [1.82, 2.24) is 10.3 Å². The van der Waals surface area contributed by atoms with Gasteiger partial charge in [0.05, 0.1) is 6.61 Å². The van der Waals surface area contributed by atoms with Crippen molar-refractivity contribution in [1.29, 1.82) is 0 Å². The minimum Gasteiger partial charge on any atom is -0.494 e. The monoisotopic (exact) mass is 298 g/mol. The van der Waals surface area contributed by atoms with Crippen molar-refractivity contribution in [3.63, 3.8) is 0 Å². The van der Waals surface area contributed by atoms with E-state index in [1.165, 1.54) is 30.4 Å². The molecule has 3 nitrogen and oxygen atoms in total. The summed E-state index contributed by atoms with van der Waals surface area (Å²) in [6.07, 6.45) is 8.65. The first-order valence-electron chi connectivity index (χ1n) is 8.20. The van der Waals surface area contributed by atoms with Crippen molar-refractivity contribution in [2.45, 2.75) is 45.7 Å². The average Bonchev–Trinajstić information content (AvgIpc) is 2.57. The van der Waals surface area contributed by atoms with Gasteiger partial charge in [0.2, 0.25) is 0 Å². The molecule has 0 unspecified atom stereocenters. The highest BCUT2D eigenvalue weighted by Crippen LogP contribution is 2.13. The van der Waals surface area contributed by atoms with Crippen LogP contribution in [0.2, 0.25) is 0 Å². The minimum absolute atomic E-state index is 0.818. The molecule has 0 bridgehead atoms. The second-order valence-corrected chi connectivity index (χ2v) is 5.52.